The van der Waals surface area contributed by atoms with Gasteiger partial charge in [-0.1, -0.05) is 26.8 Å². The molecule has 3 amide bonds. The Morgan fingerprint density at radius 1 is 1.07 bits per heavy atom. The number of hydrazine groups is 2. The quantitative estimate of drug-likeness (QED) is 0.295. The average Bonchev–Trinajstić information content (AvgIpc) is 3.47. The predicted octanol–water partition coefficient (Wildman–Crippen LogP) is 1.16. The van der Waals surface area contributed by atoms with E-state index >= 15 is 8.78 Å². The molecule has 6 heterocycles. The second kappa shape index (κ2) is 12.6. The highest BCUT2D eigenvalue weighted by Gasteiger charge is 2.59. The van der Waals surface area contributed by atoms with Crippen LogP contribution in [0, 0.1) is 29.6 Å². The first kappa shape index (κ1) is 31.7. The lowest BCUT2D eigenvalue weighted by Crippen LogP contribution is -2.80. The number of rotatable bonds is 3. The molecule has 2 bridgehead atoms. The van der Waals surface area contributed by atoms with Crippen molar-refractivity contribution in [2.24, 2.45) is 29.6 Å². The predicted molar refractivity (Wildman–Crippen MR) is 167 cm³/mol. The molecule has 13 heteroatoms. The molecule has 1 saturated carbocycles. The monoisotopic (exact) mass is 633 g/mol. The van der Waals surface area contributed by atoms with Gasteiger partial charge < -0.3 is 20.4 Å². The summed E-state index contributed by atoms with van der Waals surface area (Å²) < 4.78 is 32.9. The lowest BCUT2D eigenvalue weighted by atomic mass is 9.67. The molecular weight excluding hydrogens is 580 g/mol. The Bertz CT molecular complexity index is 1130. The van der Waals surface area contributed by atoms with Crippen molar-refractivity contribution in [2.75, 3.05) is 39.3 Å². The third-order valence-electron chi connectivity index (χ3n) is 12.4. The van der Waals surface area contributed by atoms with Gasteiger partial charge in [0.2, 0.25) is 5.91 Å². The number of fused-ring (bicyclic) bond motifs is 7. The molecule has 0 spiro atoms. The van der Waals surface area contributed by atoms with Crippen LogP contribution in [-0.2, 0) is 4.79 Å². The molecule has 45 heavy (non-hydrogen) atoms. The van der Waals surface area contributed by atoms with Crippen molar-refractivity contribution in [2.45, 2.75) is 108 Å². The Hall–Kier alpha value is -1.90. The molecule has 5 N–H and O–H groups in total. The van der Waals surface area contributed by atoms with Crippen molar-refractivity contribution >= 4 is 11.9 Å². The molecule has 11 nitrogen and oxygen atoms in total. The second-order valence-electron chi connectivity index (χ2n) is 15.1. The van der Waals surface area contributed by atoms with Gasteiger partial charge in [-0.15, -0.1) is 0 Å². The van der Waals surface area contributed by atoms with Crippen LogP contribution in [0.2, 0.25) is 0 Å². The smallest absolute Gasteiger partial charge is 0.320 e. The Kier molecular flexibility index (Phi) is 8.88. The molecule has 252 valence electrons. The van der Waals surface area contributed by atoms with Gasteiger partial charge in [-0.2, -0.15) is 5.53 Å². The fraction of sp³-hybridized carbons (Fsp3) is 0.875. The first-order chi connectivity index (χ1) is 21.7. The van der Waals surface area contributed by atoms with Crippen LogP contribution in [0.3, 0.4) is 0 Å². The summed E-state index contributed by atoms with van der Waals surface area (Å²) in [5, 5.41) is 13.1. The topological polar surface area (TPSA) is 107 Å². The maximum absolute atomic E-state index is 16.8. The minimum absolute atomic E-state index is 0.000118. The van der Waals surface area contributed by atoms with Crippen LogP contribution in [0.1, 0.15) is 52.9 Å². The van der Waals surface area contributed by atoms with E-state index < -0.39 is 36.6 Å². The van der Waals surface area contributed by atoms with E-state index in [4.69, 9.17) is 0 Å². The van der Waals surface area contributed by atoms with E-state index in [0.29, 0.717) is 32.6 Å². The van der Waals surface area contributed by atoms with Crippen LogP contribution in [0.5, 0.6) is 0 Å². The number of nitrogens with one attached hydrogen (secondary N) is 5. The van der Waals surface area contributed by atoms with E-state index in [9.17, 15) is 9.59 Å². The van der Waals surface area contributed by atoms with Crippen LogP contribution in [0.4, 0.5) is 13.6 Å². The summed E-state index contributed by atoms with van der Waals surface area (Å²) in [6.45, 7) is 14.0. The van der Waals surface area contributed by atoms with Crippen LogP contribution in [0.25, 0.3) is 0 Å². The fourth-order valence-electron chi connectivity index (χ4n) is 10.4. The number of hydrogen-bond donors (Lipinski definition) is 5. The van der Waals surface area contributed by atoms with Gasteiger partial charge in [0, 0.05) is 68.7 Å². The molecule has 1 aliphatic carbocycles. The molecule has 6 aliphatic heterocycles. The van der Waals surface area contributed by atoms with E-state index in [0.717, 1.165) is 32.4 Å². The van der Waals surface area contributed by atoms with Crippen molar-refractivity contribution in [1.82, 2.24) is 46.6 Å². The number of alkyl halides is 2. The Morgan fingerprint density at radius 2 is 1.89 bits per heavy atom. The lowest BCUT2D eigenvalue weighted by Gasteiger charge is -2.60. The number of carbonyl (C=O) groups is 2. The summed E-state index contributed by atoms with van der Waals surface area (Å²) in [7, 11) is 0. The van der Waals surface area contributed by atoms with E-state index in [1.807, 2.05) is 4.90 Å². The molecule has 7 fully saturated rings. The van der Waals surface area contributed by atoms with Gasteiger partial charge in [0.25, 0.3) is 0 Å². The van der Waals surface area contributed by atoms with Crippen LogP contribution < -0.4 is 26.9 Å². The Morgan fingerprint density at radius 3 is 2.64 bits per heavy atom. The lowest BCUT2D eigenvalue weighted by molar-refractivity contribution is -0.132. The van der Waals surface area contributed by atoms with E-state index in [1.165, 1.54) is 6.08 Å². The molecule has 0 radical (unpaired) electrons. The van der Waals surface area contributed by atoms with Gasteiger partial charge in [0.1, 0.15) is 12.3 Å². The van der Waals surface area contributed by atoms with E-state index in [-0.39, 0.29) is 66.2 Å². The summed E-state index contributed by atoms with van der Waals surface area (Å²) in [4.78, 5) is 33.0. The van der Waals surface area contributed by atoms with E-state index in [2.05, 4.69) is 64.2 Å². The van der Waals surface area contributed by atoms with Gasteiger partial charge in [-0.25, -0.2) is 24.0 Å². The third-order valence-corrected chi connectivity index (χ3v) is 12.4. The minimum Gasteiger partial charge on any atom is -0.336 e. The number of amides is 3. The number of urea groups is 1. The van der Waals surface area contributed by atoms with Crippen molar-refractivity contribution in [3.8, 4) is 0 Å². The van der Waals surface area contributed by atoms with Crippen molar-refractivity contribution in [3.05, 3.63) is 12.7 Å². The highest BCUT2D eigenvalue weighted by molar-refractivity contribution is 5.87. The second-order valence-corrected chi connectivity index (χ2v) is 15.1. The zero-order chi connectivity index (χ0) is 31.6. The maximum atomic E-state index is 16.8. The molecule has 7 aliphatic rings. The number of piperidine rings is 2. The van der Waals surface area contributed by atoms with Gasteiger partial charge in [-0.3, -0.25) is 15.0 Å². The SMILES string of the molecule is C=CC(=O)N1CCN(C2NC(=O)N3C4NC(C(F)CC42)C2C(F)CCCC2C2CNNN2CC2CCNC(C(C)C)C23)[C@@H](C)C1. The number of nitrogens with zero attached hydrogens (tertiary/aromatic N) is 4. The summed E-state index contributed by atoms with van der Waals surface area (Å²) in [5.74, 6) is -0.365. The summed E-state index contributed by atoms with van der Waals surface area (Å²) >= 11 is 0. The Labute approximate surface area is 266 Å². The minimum atomic E-state index is -1.24. The van der Waals surface area contributed by atoms with Gasteiger partial charge in [0.15, 0.2) is 0 Å². The van der Waals surface area contributed by atoms with Gasteiger partial charge in [0.05, 0.1) is 18.4 Å². The zero-order valence-electron chi connectivity index (χ0n) is 27.0. The number of carbonyl (C=O) groups excluding carboxylic acids is 2. The highest BCUT2D eigenvalue weighted by atomic mass is 19.1. The number of piperazine rings is 1. The molecule has 6 saturated heterocycles. The molecular formula is C32H53F2N9O2. The fourth-order valence-corrected chi connectivity index (χ4v) is 10.4. The summed E-state index contributed by atoms with van der Waals surface area (Å²) in [6.07, 6.45) is 1.48. The summed E-state index contributed by atoms with van der Waals surface area (Å²) in [5.41, 5.74) is 6.72. The van der Waals surface area contributed by atoms with Crippen LogP contribution >= 0.6 is 0 Å². The first-order valence-corrected chi connectivity index (χ1v) is 17.5. The van der Waals surface area contributed by atoms with E-state index in [1.54, 1.807) is 4.90 Å². The normalized spacial score (nSPS) is 46.0. The van der Waals surface area contributed by atoms with Crippen molar-refractivity contribution in [3.63, 3.8) is 0 Å². The van der Waals surface area contributed by atoms with Crippen molar-refractivity contribution in [1.29, 1.82) is 0 Å². The van der Waals surface area contributed by atoms with Gasteiger partial charge >= 0.3 is 6.03 Å². The average molecular weight is 634 g/mol. The zero-order valence-corrected chi connectivity index (χ0v) is 27.0. The van der Waals surface area contributed by atoms with Gasteiger partial charge in [-0.05, 0) is 63.0 Å². The van der Waals surface area contributed by atoms with Crippen LogP contribution in [0.15, 0.2) is 12.7 Å². The summed E-state index contributed by atoms with van der Waals surface area (Å²) in [6, 6.07) is -0.859. The largest absolute Gasteiger partial charge is 0.336 e. The van der Waals surface area contributed by atoms with Crippen molar-refractivity contribution < 1.29 is 18.4 Å². The molecule has 0 aromatic heterocycles. The first-order valence-electron chi connectivity index (χ1n) is 17.5. The molecule has 0 aromatic rings. The molecule has 7 rings (SSSR count). The molecule has 12 unspecified atom stereocenters. The third kappa shape index (κ3) is 5.48. The number of hydrogen-bond acceptors (Lipinski definition) is 8. The maximum Gasteiger partial charge on any atom is 0.320 e. The highest BCUT2D eigenvalue weighted by Crippen LogP contribution is 2.46. The van der Waals surface area contributed by atoms with Crippen LogP contribution in [-0.4, -0.2) is 126 Å². The standard InChI is InChI=1S/C32H53F2N9O2/c1-5-25(44)40-11-12-41(18(4)15-40)30-21-13-23(34)28-26-20(7-6-8-22(26)33)24-14-36-39-42(24)16-19-9-10-35-27(17(2)3)29(19)43(31(21)37-28)32(45)38-30/h5,17-24,26-31,35-37,39H,1,6-16H2,2-4H3,(H,38,45)/t18-,19?,20?,21?,22?,23?,24?,26?,27?,28?,29?,30?,31?/m0/s1. The number of halogens is 2. The molecule has 0 aromatic carbocycles. The molecule has 13 atom stereocenters. The Balaban J connectivity index is 1.29.